The Bertz CT molecular complexity index is 414. The first-order valence-electron chi connectivity index (χ1n) is 6.36. The predicted octanol–water partition coefficient (Wildman–Crippen LogP) is 2.22. The van der Waals surface area contributed by atoms with Crippen LogP contribution in [0.3, 0.4) is 0 Å². The second-order valence-electron chi connectivity index (χ2n) is 4.78. The number of carbonyl (C=O) groups is 1. The quantitative estimate of drug-likeness (QED) is 0.781. The second-order valence-corrected chi connectivity index (χ2v) is 5.19. The van der Waals surface area contributed by atoms with Crippen LogP contribution in [0.1, 0.15) is 12.0 Å². The zero-order valence-electron chi connectivity index (χ0n) is 10.7. The maximum absolute atomic E-state index is 10.4. The molecule has 0 bridgehead atoms. The molecule has 0 radical (unpaired) electrons. The standard InChI is InChI=1S/C14H19ClN2O/c1-16-6-8-17(9-7-16)14-5-4-12(3-2-10-18)11-13(14)15/h4-5,10-11H,2-3,6-9H2,1H3. The molecule has 1 fully saturated rings. The van der Waals surface area contributed by atoms with Gasteiger partial charge in [0.25, 0.3) is 0 Å². The zero-order chi connectivity index (χ0) is 13.0. The van der Waals surface area contributed by atoms with E-state index >= 15 is 0 Å². The van der Waals surface area contributed by atoms with Gasteiger partial charge in [-0.05, 0) is 31.2 Å². The molecule has 1 heterocycles. The van der Waals surface area contributed by atoms with E-state index in [0.29, 0.717) is 6.42 Å². The van der Waals surface area contributed by atoms with Crippen molar-refractivity contribution in [3.05, 3.63) is 28.8 Å². The Morgan fingerprint density at radius 2 is 2.00 bits per heavy atom. The molecule has 0 amide bonds. The largest absolute Gasteiger partial charge is 0.368 e. The third-order valence-corrected chi connectivity index (χ3v) is 3.71. The summed E-state index contributed by atoms with van der Waals surface area (Å²) >= 11 is 6.33. The molecule has 0 saturated carbocycles. The molecule has 3 nitrogen and oxygen atoms in total. The zero-order valence-corrected chi connectivity index (χ0v) is 11.5. The monoisotopic (exact) mass is 266 g/mol. The van der Waals surface area contributed by atoms with Gasteiger partial charge in [0.1, 0.15) is 6.29 Å². The molecule has 0 N–H and O–H groups in total. The average molecular weight is 267 g/mol. The molecular weight excluding hydrogens is 248 g/mol. The van der Waals surface area contributed by atoms with E-state index in [9.17, 15) is 4.79 Å². The van der Waals surface area contributed by atoms with Gasteiger partial charge >= 0.3 is 0 Å². The minimum absolute atomic E-state index is 0.560. The number of halogens is 1. The number of aryl methyl sites for hydroxylation is 1. The molecule has 4 heteroatoms. The van der Waals surface area contributed by atoms with Gasteiger partial charge in [-0.25, -0.2) is 0 Å². The normalized spacial score (nSPS) is 16.9. The Balaban J connectivity index is 2.07. The van der Waals surface area contributed by atoms with Crippen LogP contribution in [0.15, 0.2) is 18.2 Å². The van der Waals surface area contributed by atoms with Gasteiger partial charge in [-0.2, -0.15) is 0 Å². The first-order valence-corrected chi connectivity index (χ1v) is 6.74. The summed E-state index contributed by atoms with van der Waals surface area (Å²) in [5.74, 6) is 0. The van der Waals surface area contributed by atoms with E-state index in [-0.39, 0.29) is 0 Å². The van der Waals surface area contributed by atoms with Gasteiger partial charge in [-0.1, -0.05) is 17.7 Å². The minimum atomic E-state index is 0.560. The first kappa shape index (κ1) is 13.4. The lowest BCUT2D eigenvalue weighted by Crippen LogP contribution is -2.44. The second kappa shape index (κ2) is 6.21. The number of likely N-dealkylation sites (N-methyl/N-ethyl adjacent to an activating group) is 1. The van der Waals surface area contributed by atoms with E-state index in [2.05, 4.69) is 29.0 Å². The van der Waals surface area contributed by atoms with E-state index in [1.54, 1.807) is 0 Å². The number of hydrogen-bond donors (Lipinski definition) is 0. The van der Waals surface area contributed by atoms with Gasteiger partial charge in [0.2, 0.25) is 0 Å². The number of anilines is 1. The van der Waals surface area contributed by atoms with Crippen LogP contribution in [0.25, 0.3) is 0 Å². The SMILES string of the molecule is CN1CCN(c2ccc(CCC=O)cc2Cl)CC1. The number of rotatable bonds is 4. The van der Waals surface area contributed by atoms with Crippen molar-refractivity contribution in [2.24, 2.45) is 0 Å². The van der Waals surface area contributed by atoms with Gasteiger partial charge < -0.3 is 14.6 Å². The first-order chi connectivity index (χ1) is 8.70. The molecule has 18 heavy (non-hydrogen) atoms. The molecule has 1 saturated heterocycles. The van der Waals surface area contributed by atoms with Crippen LogP contribution in [0, 0.1) is 0 Å². The van der Waals surface area contributed by atoms with Gasteiger partial charge in [0, 0.05) is 32.6 Å². The molecule has 1 aliphatic rings. The number of nitrogens with zero attached hydrogens (tertiary/aromatic N) is 2. The van der Waals surface area contributed by atoms with Crippen LogP contribution < -0.4 is 4.90 Å². The highest BCUT2D eigenvalue weighted by molar-refractivity contribution is 6.33. The van der Waals surface area contributed by atoms with E-state index in [1.807, 2.05) is 6.07 Å². The van der Waals surface area contributed by atoms with Crippen LogP contribution in [-0.2, 0) is 11.2 Å². The van der Waals surface area contributed by atoms with Gasteiger partial charge in [0.05, 0.1) is 10.7 Å². The van der Waals surface area contributed by atoms with E-state index in [0.717, 1.165) is 55.2 Å². The van der Waals surface area contributed by atoms with Crippen molar-refractivity contribution in [2.45, 2.75) is 12.8 Å². The summed E-state index contributed by atoms with van der Waals surface area (Å²) in [6, 6.07) is 6.13. The van der Waals surface area contributed by atoms with Crippen molar-refractivity contribution < 1.29 is 4.79 Å². The number of hydrogen-bond acceptors (Lipinski definition) is 3. The summed E-state index contributed by atoms with van der Waals surface area (Å²) in [5.41, 5.74) is 2.24. The number of carbonyl (C=O) groups excluding carboxylic acids is 1. The lowest BCUT2D eigenvalue weighted by Gasteiger charge is -2.34. The van der Waals surface area contributed by atoms with Crippen LogP contribution in [0.5, 0.6) is 0 Å². The summed E-state index contributed by atoms with van der Waals surface area (Å²) in [4.78, 5) is 15.0. The topological polar surface area (TPSA) is 23.6 Å². The van der Waals surface area contributed by atoms with Crippen LogP contribution in [0.4, 0.5) is 5.69 Å². The van der Waals surface area contributed by atoms with Gasteiger partial charge in [-0.3, -0.25) is 0 Å². The van der Waals surface area contributed by atoms with Crippen molar-refractivity contribution in [1.82, 2.24) is 4.90 Å². The van der Waals surface area contributed by atoms with Crippen molar-refractivity contribution in [1.29, 1.82) is 0 Å². The Hall–Kier alpha value is -1.06. The summed E-state index contributed by atoms with van der Waals surface area (Å²) < 4.78 is 0. The van der Waals surface area contributed by atoms with Crippen molar-refractivity contribution in [3.63, 3.8) is 0 Å². The van der Waals surface area contributed by atoms with Crippen molar-refractivity contribution >= 4 is 23.6 Å². The number of aldehydes is 1. The smallest absolute Gasteiger partial charge is 0.120 e. The molecule has 1 aliphatic heterocycles. The molecule has 2 rings (SSSR count). The summed E-state index contributed by atoms with van der Waals surface area (Å²) in [7, 11) is 2.14. The molecule has 0 aliphatic carbocycles. The van der Waals surface area contributed by atoms with E-state index in [1.165, 1.54) is 0 Å². The molecule has 0 aromatic heterocycles. The minimum Gasteiger partial charge on any atom is -0.368 e. The highest BCUT2D eigenvalue weighted by Crippen LogP contribution is 2.28. The fourth-order valence-corrected chi connectivity index (χ4v) is 2.56. The highest BCUT2D eigenvalue weighted by atomic mass is 35.5. The van der Waals surface area contributed by atoms with E-state index < -0.39 is 0 Å². The molecule has 0 unspecified atom stereocenters. The Kier molecular flexibility index (Phi) is 4.61. The molecule has 98 valence electrons. The fraction of sp³-hybridized carbons (Fsp3) is 0.500. The maximum Gasteiger partial charge on any atom is 0.120 e. The Morgan fingerprint density at radius 3 is 2.61 bits per heavy atom. The van der Waals surface area contributed by atoms with Crippen LogP contribution in [-0.4, -0.2) is 44.4 Å². The van der Waals surface area contributed by atoms with Gasteiger partial charge in [-0.15, -0.1) is 0 Å². The van der Waals surface area contributed by atoms with Crippen LogP contribution in [0.2, 0.25) is 5.02 Å². The molecule has 1 aromatic carbocycles. The highest BCUT2D eigenvalue weighted by Gasteiger charge is 2.16. The summed E-state index contributed by atoms with van der Waals surface area (Å²) in [6.45, 7) is 4.18. The Morgan fingerprint density at radius 1 is 1.28 bits per heavy atom. The molecule has 0 atom stereocenters. The lowest BCUT2D eigenvalue weighted by molar-refractivity contribution is -0.107. The van der Waals surface area contributed by atoms with Crippen LogP contribution >= 0.6 is 11.6 Å². The van der Waals surface area contributed by atoms with Crippen molar-refractivity contribution in [2.75, 3.05) is 38.1 Å². The molecule has 0 spiro atoms. The number of piperazine rings is 1. The molecule has 1 aromatic rings. The summed E-state index contributed by atoms with van der Waals surface area (Å²) in [5, 5.41) is 0.794. The van der Waals surface area contributed by atoms with E-state index in [4.69, 9.17) is 11.6 Å². The number of benzene rings is 1. The molecular formula is C14H19ClN2O. The lowest BCUT2D eigenvalue weighted by atomic mass is 10.1. The average Bonchev–Trinajstić information content (AvgIpc) is 2.38. The predicted molar refractivity (Wildman–Crippen MR) is 75.5 cm³/mol. The summed E-state index contributed by atoms with van der Waals surface area (Å²) in [6.07, 6.45) is 2.28. The van der Waals surface area contributed by atoms with Crippen molar-refractivity contribution in [3.8, 4) is 0 Å². The third-order valence-electron chi connectivity index (χ3n) is 3.41. The maximum atomic E-state index is 10.4. The third kappa shape index (κ3) is 3.24. The Labute approximate surface area is 113 Å². The fourth-order valence-electron chi connectivity index (χ4n) is 2.24. The van der Waals surface area contributed by atoms with Gasteiger partial charge in [0.15, 0.2) is 0 Å².